The Hall–Kier alpha value is -1.18. The van der Waals surface area contributed by atoms with Gasteiger partial charge >= 0.3 is 0 Å². The Bertz CT molecular complexity index is 504. The monoisotopic (exact) mass is 268 g/mol. The van der Waals surface area contributed by atoms with Crippen molar-refractivity contribution in [2.75, 3.05) is 36.9 Å². The number of anilines is 2. The maximum atomic E-state index is 5.62. The van der Waals surface area contributed by atoms with Gasteiger partial charge in [-0.05, 0) is 0 Å². The van der Waals surface area contributed by atoms with Crippen LogP contribution in [0, 0.1) is 0 Å². The van der Waals surface area contributed by atoms with Crippen molar-refractivity contribution in [3.63, 3.8) is 0 Å². The maximum Gasteiger partial charge on any atom is 0.186 e. The van der Waals surface area contributed by atoms with E-state index in [1.54, 1.807) is 11.3 Å². The molecule has 1 aliphatic rings. The second kappa shape index (κ2) is 4.59. The third kappa shape index (κ3) is 2.26. The van der Waals surface area contributed by atoms with E-state index in [0.29, 0.717) is 5.13 Å². The second-order valence-electron chi connectivity index (χ2n) is 3.69. The molecule has 0 unspecified atom stereocenters. The van der Waals surface area contributed by atoms with Gasteiger partial charge in [0.15, 0.2) is 10.3 Å². The molecule has 2 N–H and O–H groups in total. The molecule has 5 nitrogen and oxygen atoms in total. The van der Waals surface area contributed by atoms with E-state index in [9.17, 15) is 0 Å². The molecule has 0 radical (unpaired) electrons. The Kier molecular flexibility index (Phi) is 2.96. The molecule has 90 valence electrons. The largest absolute Gasteiger partial charge is 0.378 e. The molecule has 1 fully saturated rings. The number of rotatable bonds is 2. The Morgan fingerprint density at radius 2 is 1.82 bits per heavy atom. The first-order valence-electron chi connectivity index (χ1n) is 5.32. The number of nitrogens with two attached hydrogens (primary N) is 1. The van der Waals surface area contributed by atoms with E-state index >= 15 is 0 Å². The van der Waals surface area contributed by atoms with Gasteiger partial charge in [0.25, 0.3) is 0 Å². The predicted octanol–water partition coefficient (Wildman–Crippen LogP) is 1.69. The van der Waals surface area contributed by atoms with Gasteiger partial charge in [-0.2, -0.15) is 0 Å². The molecule has 0 bridgehead atoms. The van der Waals surface area contributed by atoms with Gasteiger partial charge in [0.1, 0.15) is 11.4 Å². The van der Waals surface area contributed by atoms with Crippen LogP contribution in [0.4, 0.5) is 10.3 Å². The molecule has 0 aromatic carbocycles. The average molecular weight is 268 g/mol. The van der Waals surface area contributed by atoms with Crippen molar-refractivity contribution in [3.05, 3.63) is 10.8 Å². The summed E-state index contributed by atoms with van der Waals surface area (Å²) in [6.07, 6.45) is 0. The summed E-state index contributed by atoms with van der Waals surface area (Å²) >= 11 is 3.09. The Labute approximate surface area is 107 Å². The molecule has 3 rings (SSSR count). The molecule has 0 atom stereocenters. The minimum absolute atomic E-state index is 0.584. The smallest absolute Gasteiger partial charge is 0.186 e. The molecular weight excluding hydrogens is 256 g/mol. The van der Waals surface area contributed by atoms with E-state index in [0.717, 1.165) is 42.8 Å². The Morgan fingerprint density at radius 1 is 1.12 bits per heavy atom. The molecule has 1 aliphatic heterocycles. The zero-order valence-electron chi connectivity index (χ0n) is 9.13. The number of hydrogen-bond acceptors (Lipinski definition) is 7. The molecule has 2 aromatic rings. The number of nitrogens with zero attached hydrogens (tertiary/aromatic N) is 3. The maximum absolute atomic E-state index is 5.62. The van der Waals surface area contributed by atoms with Crippen molar-refractivity contribution >= 4 is 32.9 Å². The van der Waals surface area contributed by atoms with Crippen LogP contribution in [0.2, 0.25) is 0 Å². The first-order valence-corrected chi connectivity index (χ1v) is 7.08. The fourth-order valence-electron chi connectivity index (χ4n) is 1.69. The van der Waals surface area contributed by atoms with Crippen molar-refractivity contribution < 1.29 is 4.74 Å². The topological polar surface area (TPSA) is 64.3 Å². The van der Waals surface area contributed by atoms with Crippen molar-refractivity contribution in [2.45, 2.75) is 0 Å². The fourth-order valence-corrected chi connectivity index (χ4v) is 3.12. The lowest BCUT2D eigenvalue weighted by Gasteiger charge is -2.25. The zero-order valence-corrected chi connectivity index (χ0v) is 10.8. The van der Waals surface area contributed by atoms with Gasteiger partial charge < -0.3 is 15.4 Å². The van der Waals surface area contributed by atoms with Crippen molar-refractivity contribution in [1.82, 2.24) is 9.97 Å². The standard InChI is InChI=1S/C10H12N4OS2/c11-9-12-7(5-16-9)8-6-17-10(13-8)14-1-3-15-4-2-14/h5-6H,1-4H2,(H2,11,12). The quantitative estimate of drug-likeness (QED) is 0.898. The number of thiazole rings is 2. The zero-order chi connectivity index (χ0) is 11.7. The fraction of sp³-hybridized carbons (Fsp3) is 0.400. The summed E-state index contributed by atoms with van der Waals surface area (Å²) in [5.41, 5.74) is 7.39. The van der Waals surface area contributed by atoms with Gasteiger partial charge in [0.05, 0.1) is 13.2 Å². The summed E-state index contributed by atoms with van der Waals surface area (Å²) in [6, 6.07) is 0. The second-order valence-corrected chi connectivity index (χ2v) is 5.41. The van der Waals surface area contributed by atoms with Crippen LogP contribution in [0.25, 0.3) is 11.4 Å². The van der Waals surface area contributed by atoms with E-state index in [1.807, 2.05) is 10.8 Å². The van der Waals surface area contributed by atoms with E-state index in [-0.39, 0.29) is 0 Å². The lowest BCUT2D eigenvalue weighted by Crippen LogP contribution is -2.36. The minimum Gasteiger partial charge on any atom is -0.378 e. The van der Waals surface area contributed by atoms with Crippen LogP contribution in [0.15, 0.2) is 10.8 Å². The molecule has 0 amide bonds. The van der Waals surface area contributed by atoms with Crippen molar-refractivity contribution in [3.8, 4) is 11.4 Å². The summed E-state index contributed by atoms with van der Waals surface area (Å²) in [4.78, 5) is 11.1. The summed E-state index contributed by atoms with van der Waals surface area (Å²) in [6.45, 7) is 3.37. The third-order valence-corrected chi connectivity index (χ3v) is 4.13. The molecular formula is C10H12N4OS2. The number of nitrogen functional groups attached to an aromatic ring is 1. The van der Waals surface area contributed by atoms with E-state index in [1.165, 1.54) is 11.3 Å². The highest BCUT2D eigenvalue weighted by Gasteiger charge is 2.15. The van der Waals surface area contributed by atoms with E-state index in [4.69, 9.17) is 10.5 Å². The van der Waals surface area contributed by atoms with Crippen LogP contribution in [0.5, 0.6) is 0 Å². The highest BCUT2D eigenvalue weighted by Crippen LogP contribution is 2.29. The molecule has 0 spiro atoms. The molecule has 0 aliphatic carbocycles. The summed E-state index contributed by atoms with van der Waals surface area (Å²) < 4.78 is 5.32. The minimum atomic E-state index is 0.584. The van der Waals surface area contributed by atoms with E-state index in [2.05, 4.69) is 14.9 Å². The highest BCUT2D eigenvalue weighted by atomic mass is 32.1. The normalized spacial score (nSPS) is 16.4. The summed E-state index contributed by atoms with van der Waals surface area (Å²) in [5.74, 6) is 0. The SMILES string of the molecule is Nc1nc(-c2csc(N3CCOCC3)n2)cs1. The van der Waals surface area contributed by atoms with Gasteiger partial charge in [-0.3, -0.25) is 0 Å². The van der Waals surface area contributed by atoms with Gasteiger partial charge in [-0.1, -0.05) is 0 Å². The van der Waals surface area contributed by atoms with Crippen LogP contribution in [0.1, 0.15) is 0 Å². The first kappa shape index (κ1) is 10.9. The molecule has 17 heavy (non-hydrogen) atoms. The highest BCUT2D eigenvalue weighted by molar-refractivity contribution is 7.14. The van der Waals surface area contributed by atoms with Crippen molar-refractivity contribution in [1.29, 1.82) is 0 Å². The Balaban J connectivity index is 1.82. The molecule has 1 saturated heterocycles. The number of aromatic nitrogens is 2. The van der Waals surface area contributed by atoms with Crippen LogP contribution < -0.4 is 10.6 Å². The molecule has 7 heteroatoms. The Morgan fingerprint density at radius 3 is 2.53 bits per heavy atom. The van der Waals surface area contributed by atoms with Gasteiger partial charge in [0, 0.05) is 23.8 Å². The number of ether oxygens (including phenoxy) is 1. The summed E-state index contributed by atoms with van der Waals surface area (Å²) in [5, 5.41) is 5.59. The molecule has 0 saturated carbocycles. The van der Waals surface area contributed by atoms with Gasteiger partial charge in [0.2, 0.25) is 0 Å². The van der Waals surface area contributed by atoms with E-state index < -0.39 is 0 Å². The lowest BCUT2D eigenvalue weighted by atomic mass is 10.4. The first-order chi connectivity index (χ1) is 8.33. The summed E-state index contributed by atoms with van der Waals surface area (Å²) in [7, 11) is 0. The van der Waals surface area contributed by atoms with Gasteiger partial charge in [-0.15, -0.1) is 22.7 Å². The number of morpholine rings is 1. The van der Waals surface area contributed by atoms with Crippen LogP contribution in [-0.4, -0.2) is 36.3 Å². The predicted molar refractivity (Wildman–Crippen MR) is 70.7 cm³/mol. The van der Waals surface area contributed by atoms with Crippen LogP contribution in [0.3, 0.4) is 0 Å². The van der Waals surface area contributed by atoms with Crippen molar-refractivity contribution in [2.24, 2.45) is 0 Å². The lowest BCUT2D eigenvalue weighted by molar-refractivity contribution is 0.122. The molecule has 2 aromatic heterocycles. The third-order valence-electron chi connectivity index (χ3n) is 2.56. The average Bonchev–Trinajstić information content (AvgIpc) is 2.98. The van der Waals surface area contributed by atoms with Crippen LogP contribution >= 0.6 is 22.7 Å². The van der Waals surface area contributed by atoms with Gasteiger partial charge in [-0.25, -0.2) is 9.97 Å². The van der Waals surface area contributed by atoms with Crippen LogP contribution in [-0.2, 0) is 4.74 Å². The number of hydrogen-bond donors (Lipinski definition) is 1. The molecule has 3 heterocycles.